The largest absolute Gasteiger partial charge is 0.432 e. The molecule has 0 spiro atoms. The summed E-state index contributed by atoms with van der Waals surface area (Å²) in [6.45, 7) is 0. The number of nitrogens with one attached hydrogen (secondary N) is 2. The zero-order chi connectivity index (χ0) is 23.4. The molecule has 0 saturated heterocycles. The lowest BCUT2D eigenvalue weighted by molar-refractivity contribution is -0.141. The first-order chi connectivity index (χ1) is 16.4. The molecule has 1 unspecified atom stereocenters. The summed E-state index contributed by atoms with van der Waals surface area (Å²) in [4.78, 5) is 29.6. The molecule has 0 amide bonds. The molecule has 2 N–H and O–H groups in total. The maximum absolute atomic E-state index is 13.7. The van der Waals surface area contributed by atoms with Crippen molar-refractivity contribution in [2.75, 3.05) is 5.32 Å². The van der Waals surface area contributed by atoms with Crippen molar-refractivity contribution in [3.8, 4) is 11.1 Å². The minimum atomic E-state index is -4.64. The lowest BCUT2D eigenvalue weighted by atomic mass is 9.93. The molecule has 0 aliphatic heterocycles. The molecule has 1 atom stereocenters. The van der Waals surface area contributed by atoms with Crippen LogP contribution in [0.15, 0.2) is 59.2 Å². The van der Waals surface area contributed by atoms with E-state index in [9.17, 15) is 18.0 Å². The number of hydrogen-bond donors (Lipinski definition) is 2. The lowest BCUT2D eigenvalue weighted by Crippen LogP contribution is -2.25. The molecule has 6 rings (SSSR count). The third kappa shape index (κ3) is 3.43. The summed E-state index contributed by atoms with van der Waals surface area (Å²) in [6, 6.07) is 10.2. The van der Waals surface area contributed by atoms with E-state index in [1.54, 1.807) is 36.4 Å². The number of anilines is 1. The first-order valence-electron chi connectivity index (χ1n) is 10.6. The van der Waals surface area contributed by atoms with E-state index < -0.39 is 17.4 Å². The molecule has 4 heterocycles. The summed E-state index contributed by atoms with van der Waals surface area (Å²) < 4.78 is 41.8. The highest BCUT2D eigenvalue weighted by Gasteiger charge is 2.38. The van der Waals surface area contributed by atoms with Crippen molar-refractivity contribution in [1.29, 1.82) is 0 Å². The third-order valence-electron chi connectivity index (χ3n) is 6.03. The number of imidazole rings is 1. The number of hydrogen-bond acceptors (Lipinski definition) is 6. The van der Waals surface area contributed by atoms with E-state index in [0.717, 1.165) is 34.0 Å². The second-order valence-electron chi connectivity index (χ2n) is 8.22. The molecule has 172 valence electrons. The van der Waals surface area contributed by atoms with Crippen LogP contribution in [0.25, 0.3) is 27.1 Å². The van der Waals surface area contributed by atoms with Gasteiger partial charge in [-0.2, -0.15) is 13.2 Å². The zero-order valence-corrected chi connectivity index (χ0v) is 18.3. The van der Waals surface area contributed by atoms with Crippen LogP contribution in [0.2, 0.25) is 0 Å². The number of pyridine rings is 1. The zero-order valence-electron chi connectivity index (χ0n) is 17.5. The molecule has 34 heavy (non-hydrogen) atoms. The normalized spacial score (nSPS) is 15.1. The van der Waals surface area contributed by atoms with Crippen LogP contribution >= 0.6 is 11.3 Å². The molecule has 11 heteroatoms. The first-order valence-corrected chi connectivity index (χ1v) is 11.5. The Morgan fingerprint density at radius 2 is 1.94 bits per heavy atom. The molecule has 0 radical (unpaired) electrons. The van der Waals surface area contributed by atoms with Gasteiger partial charge in [0.15, 0.2) is 11.5 Å². The third-order valence-corrected chi connectivity index (χ3v) is 6.92. The quantitative estimate of drug-likeness (QED) is 0.356. The van der Waals surface area contributed by atoms with Crippen LogP contribution < -0.4 is 10.9 Å². The Kier molecular flexibility index (Phi) is 4.70. The maximum Gasteiger partial charge on any atom is 0.432 e. The minimum Gasteiger partial charge on any atom is -0.361 e. The van der Waals surface area contributed by atoms with Gasteiger partial charge in [0, 0.05) is 5.38 Å². The minimum absolute atomic E-state index is 0.208. The molecule has 1 fully saturated rings. The smallest absolute Gasteiger partial charge is 0.361 e. The first kappa shape index (κ1) is 20.8. The Labute approximate surface area is 194 Å². The average Bonchev–Trinajstić information content (AvgIpc) is 3.36. The number of aromatic amines is 1. The average molecular weight is 482 g/mol. The molecular weight excluding hydrogens is 465 g/mol. The predicted molar refractivity (Wildman–Crippen MR) is 123 cm³/mol. The van der Waals surface area contributed by atoms with Gasteiger partial charge in [0.2, 0.25) is 0 Å². The van der Waals surface area contributed by atoms with Crippen LogP contribution in [0.4, 0.5) is 19.0 Å². The Hall–Kier alpha value is -3.73. The monoisotopic (exact) mass is 482 g/mol. The van der Waals surface area contributed by atoms with Crippen molar-refractivity contribution < 1.29 is 13.2 Å². The molecule has 1 aliphatic carbocycles. The van der Waals surface area contributed by atoms with Crippen molar-refractivity contribution >= 4 is 33.1 Å². The van der Waals surface area contributed by atoms with Gasteiger partial charge in [0.1, 0.15) is 22.4 Å². The van der Waals surface area contributed by atoms with E-state index in [1.165, 1.54) is 12.7 Å². The summed E-state index contributed by atoms with van der Waals surface area (Å²) in [5.41, 5.74) is 0.947. The van der Waals surface area contributed by atoms with Gasteiger partial charge in [-0.05, 0) is 36.0 Å². The number of halogens is 3. The van der Waals surface area contributed by atoms with E-state index in [-0.39, 0.29) is 22.4 Å². The summed E-state index contributed by atoms with van der Waals surface area (Å²) in [5, 5.41) is 4.43. The Morgan fingerprint density at radius 3 is 2.68 bits per heavy atom. The Bertz CT molecular complexity index is 1570. The fourth-order valence-corrected chi connectivity index (χ4v) is 5.28. The SMILES string of the molecule is O=c1c(-c2ccccc2)c(C(Nc2ncnc3nc[nH]c23)C2CC2)cc2scc(C(F)(F)F)n12. The number of nitrogens with zero attached hydrogens (tertiary/aromatic N) is 4. The highest BCUT2D eigenvalue weighted by Crippen LogP contribution is 2.46. The van der Waals surface area contributed by atoms with Crippen LogP contribution in [0.1, 0.15) is 30.1 Å². The number of thiazole rings is 1. The van der Waals surface area contributed by atoms with Gasteiger partial charge in [0.05, 0.1) is 17.9 Å². The molecule has 0 bridgehead atoms. The van der Waals surface area contributed by atoms with Crippen LogP contribution in [-0.2, 0) is 6.18 Å². The second kappa shape index (κ2) is 7.66. The van der Waals surface area contributed by atoms with Crippen molar-refractivity contribution in [3.05, 3.63) is 76.0 Å². The van der Waals surface area contributed by atoms with E-state index in [1.807, 2.05) is 0 Å². The molecule has 1 aliphatic rings. The van der Waals surface area contributed by atoms with Gasteiger partial charge in [0.25, 0.3) is 5.56 Å². The van der Waals surface area contributed by atoms with E-state index >= 15 is 0 Å². The van der Waals surface area contributed by atoms with Crippen molar-refractivity contribution in [2.45, 2.75) is 25.1 Å². The molecule has 4 aromatic heterocycles. The molecule has 5 aromatic rings. The maximum atomic E-state index is 13.7. The van der Waals surface area contributed by atoms with Gasteiger partial charge in [-0.25, -0.2) is 15.0 Å². The molecular formula is C23H17F3N6OS. The summed E-state index contributed by atoms with van der Waals surface area (Å²) in [7, 11) is 0. The van der Waals surface area contributed by atoms with Gasteiger partial charge in [-0.1, -0.05) is 30.3 Å². The number of rotatable bonds is 5. The van der Waals surface area contributed by atoms with Crippen LogP contribution in [0, 0.1) is 5.92 Å². The molecule has 1 saturated carbocycles. The molecule has 7 nitrogen and oxygen atoms in total. The van der Waals surface area contributed by atoms with Gasteiger partial charge < -0.3 is 10.3 Å². The second-order valence-corrected chi connectivity index (χ2v) is 9.11. The molecule has 1 aromatic carbocycles. The summed E-state index contributed by atoms with van der Waals surface area (Å²) >= 11 is 0.906. The fourth-order valence-electron chi connectivity index (χ4n) is 4.32. The highest BCUT2D eigenvalue weighted by molar-refractivity contribution is 7.15. The van der Waals surface area contributed by atoms with Gasteiger partial charge in [-0.15, -0.1) is 11.3 Å². The van der Waals surface area contributed by atoms with Crippen molar-refractivity contribution in [1.82, 2.24) is 24.3 Å². The van der Waals surface area contributed by atoms with E-state index in [4.69, 9.17) is 0 Å². The summed E-state index contributed by atoms with van der Waals surface area (Å²) in [6.07, 6.45) is 0.148. The number of aromatic nitrogens is 5. The Balaban J connectivity index is 1.59. The predicted octanol–water partition coefficient (Wildman–Crippen LogP) is 5.28. The van der Waals surface area contributed by atoms with Gasteiger partial charge in [-0.3, -0.25) is 9.20 Å². The van der Waals surface area contributed by atoms with Crippen LogP contribution in [0.5, 0.6) is 0 Å². The van der Waals surface area contributed by atoms with Gasteiger partial charge >= 0.3 is 6.18 Å². The fraction of sp³-hybridized carbons (Fsp3) is 0.217. The van der Waals surface area contributed by atoms with Crippen LogP contribution in [-0.4, -0.2) is 24.3 Å². The lowest BCUT2D eigenvalue weighted by Gasteiger charge is -2.23. The Morgan fingerprint density at radius 1 is 1.15 bits per heavy atom. The number of alkyl halides is 3. The topological polar surface area (TPSA) is 88.0 Å². The van der Waals surface area contributed by atoms with Crippen molar-refractivity contribution in [2.24, 2.45) is 5.92 Å². The number of fused-ring (bicyclic) bond motifs is 2. The van der Waals surface area contributed by atoms with E-state index in [0.29, 0.717) is 28.1 Å². The number of H-pyrrole nitrogens is 1. The van der Waals surface area contributed by atoms with Crippen LogP contribution in [0.3, 0.4) is 0 Å². The van der Waals surface area contributed by atoms with Crippen molar-refractivity contribution in [3.63, 3.8) is 0 Å². The highest BCUT2D eigenvalue weighted by atomic mass is 32.1. The standard InChI is InChI=1S/C23H17F3N6OS/c24-23(25,26)15-9-34-16-8-14(17(22(33)32(15)16)12-4-2-1-3-5-12)18(13-6-7-13)31-21-19-20(28-10-27-19)29-11-30-21/h1-5,8-11,13,18H,6-7H2,(H2,27,28,29,30,31). The van der Waals surface area contributed by atoms with E-state index in [2.05, 4.69) is 25.3 Å². The number of benzene rings is 1. The summed E-state index contributed by atoms with van der Waals surface area (Å²) in [5.74, 6) is 0.736.